The lowest BCUT2D eigenvalue weighted by atomic mass is 10.1. The first-order valence-corrected chi connectivity index (χ1v) is 12.1. The second-order valence-electron chi connectivity index (χ2n) is 7.71. The monoisotopic (exact) mass is 554 g/mol. The number of esters is 1. The summed E-state index contributed by atoms with van der Waals surface area (Å²) in [5.74, 6) is 0.579. The number of anilines is 2. The Morgan fingerprint density at radius 1 is 0.806 bits per heavy atom. The van der Waals surface area contributed by atoms with Gasteiger partial charge >= 0.3 is 5.97 Å². The SMILES string of the molecule is CCc1cc(Br)ccc1NC(=O)COC(=O)CCC(=O)Nc1ccc(Oc2ccc(OC)cc2)cc1. The van der Waals surface area contributed by atoms with Crippen molar-refractivity contribution in [2.75, 3.05) is 24.4 Å². The van der Waals surface area contributed by atoms with Gasteiger partial charge in [0.25, 0.3) is 5.91 Å². The van der Waals surface area contributed by atoms with Crippen LogP contribution in [0.5, 0.6) is 17.2 Å². The van der Waals surface area contributed by atoms with Crippen molar-refractivity contribution in [3.63, 3.8) is 0 Å². The molecule has 0 bridgehead atoms. The molecule has 36 heavy (non-hydrogen) atoms. The maximum Gasteiger partial charge on any atom is 0.306 e. The summed E-state index contributed by atoms with van der Waals surface area (Å²) in [6.07, 6.45) is 0.524. The van der Waals surface area contributed by atoms with Gasteiger partial charge in [0.2, 0.25) is 5.91 Å². The lowest BCUT2D eigenvalue weighted by Crippen LogP contribution is -2.22. The van der Waals surface area contributed by atoms with E-state index in [1.165, 1.54) is 0 Å². The zero-order valence-corrected chi connectivity index (χ0v) is 21.6. The molecule has 0 atom stereocenters. The van der Waals surface area contributed by atoms with Crippen LogP contribution in [0.1, 0.15) is 25.3 Å². The average molecular weight is 555 g/mol. The van der Waals surface area contributed by atoms with E-state index in [0.29, 0.717) is 22.9 Å². The molecule has 0 saturated carbocycles. The van der Waals surface area contributed by atoms with Crippen molar-refractivity contribution in [3.8, 4) is 17.2 Å². The Hall–Kier alpha value is -3.85. The summed E-state index contributed by atoms with van der Waals surface area (Å²) in [6.45, 7) is 1.56. The van der Waals surface area contributed by atoms with E-state index in [-0.39, 0.29) is 18.7 Å². The van der Waals surface area contributed by atoms with Gasteiger partial charge in [0.15, 0.2) is 6.61 Å². The summed E-state index contributed by atoms with van der Waals surface area (Å²) in [5.41, 5.74) is 2.19. The van der Waals surface area contributed by atoms with Crippen LogP contribution in [-0.2, 0) is 25.5 Å². The first kappa shape index (κ1) is 26.7. The molecule has 0 unspecified atom stereocenters. The average Bonchev–Trinajstić information content (AvgIpc) is 2.89. The van der Waals surface area contributed by atoms with Gasteiger partial charge in [-0.3, -0.25) is 14.4 Å². The molecule has 0 aromatic heterocycles. The Morgan fingerprint density at radius 3 is 2.08 bits per heavy atom. The van der Waals surface area contributed by atoms with Gasteiger partial charge in [0, 0.05) is 22.3 Å². The van der Waals surface area contributed by atoms with Gasteiger partial charge < -0.3 is 24.8 Å². The summed E-state index contributed by atoms with van der Waals surface area (Å²) in [4.78, 5) is 36.3. The van der Waals surface area contributed by atoms with Crippen LogP contribution in [0.2, 0.25) is 0 Å². The number of benzene rings is 3. The third kappa shape index (κ3) is 8.42. The van der Waals surface area contributed by atoms with Crippen molar-refractivity contribution in [2.45, 2.75) is 26.2 Å². The maximum absolute atomic E-state index is 12.2. The molecule has 0 aliphatic heterocycles. The van der Waals surface area contributed by atoms with Crippen LogP contribution in [0.3, 0.4) is 0 Å². The summed E-state index contributed by atoms with van der Waals surface area (Å²) in [6, 6.07) is 19.6. The van der Waals surface area contributed by atoms with Crippen LogP contribution < -0.4 is 20.1 Å². The number of hydrogen-bond donors (Lipinski definition) is 2. The van der Waals surface area contributed by atoms with Crippen molar-refractivity contribution in [1.29, 1.82) is 0 Å². The second kappa shape index (κ2) is 13.3. The second-order valence-corrected chi connectivity index (χ2v) is 8.63. The highest BCUT2D eigenvalue weighted by molar-refractivity contribution is 9.10. The van der Waals surface area contributed by atoms with Gasteiger partial charge in [-0.25, -0.2) is 0 Å². The molecule has 3 aromatic rings. The maximum atomic E-state index is 12.2. The van der Waals surface area contributed by atoms with Crippen LogP contribution in [-0.4, -0.2) is 31.5 Å². The van der Waals surface area contributed by atoms with Crippen molar-refractivity contribution in [1.82, 2.24) is 0 Å². The molecular formula is C27H27BrN2O6. The zero-order chi connectivity index (χ0) is 25.9. The summed E-state index contributed by atoms with van der Waals surface area (Å²) in [7, 11) is 1.60. The van der Waals surface area contributed by atoms with Crippen molar-refractivity contribution in [3.05, 3.63) is 76.8 Å². The predicted octanol–water partition coefficient (Wildman–Crippen LogP) is 5.71. The van der Waals surface area contributed by atoms with Gasteiger partial charge in [-0.15, -0.1) is 0 Å². The number of carbonyl (C=O) groups is 3. The number of methoxy groups -OCH3 is 1. The number of rotatable bonds is 11. The normalized spacial score (nSPS) is 10.3. The molecule has 9 heteroatoms. The van der Waals surface area contributed by atoms with Gasteiger partial charge in [0.05, 0.1) is 13.5 Å². The molecule has 0 heterocycles. The minimum absolute atomic E-state index is 0.0722. The fraction of sp³-hybridized carbons (Fsp3) is 0.222. The lowest BCUT2D eigenvalue weighted by molar-refractivity contribution is -0.147. The molecule has 3 aromatic carbocycles. The molecule has 0 fully saturated rings. The molecule has 0 radical (unpaired) electrons. The number of amides is 2. The number of hydrogen-bond acceptors (Lipinski definition) is 6. The minimum atomic E-state index is -0.630. The van der Waals surface area contributed by atoms with E-state index in [1.54, 1.807) is 61.7 Å². The van der Waals surface area contributed by atoms with Crippen LogP contribution in [0, 0.1) is 0 Å². The fourth-order valence-corrected chi connectivity index (χ4v) is 3.61. The highest BCUT2D eigenvalue weighted by Gasteiger charge is 2.12. The van der Waals surface area contributed by atoms with Crippen LogP contribution >= 0.6 is 15.9 Å². The highest BCUT2D eigenvalue weighted by atomic mass is 79.9. The summed E-state index contributed by atoms with van der Waals surface area (Å²) >= 11 is 3.40. The first-order valence-electron chi connectivity index (χ1n) is 11.3. The van der Waals surface area contributed by atoms with E-state index in [4.69, 9.17) is 14.2 Å². The quantitative estimate of drug-likeness (QED) is 0.294. The van der Waals surface area contributed by atoms with Crippen molar-refractivity contribution >= 4 is 45.1 Å². The Labute approximate surface area is 218 Å². The standard InChI is InChI=1S/C27H27BrN2O6/c1-3-18-16-19(28)4-13-24(18)30-26(32)17-35-27(33)15-14-25(31)29-20-5-7-22(8-6-20)36-23-11-9-21(34-2)10-12-23/h4-13,16H,3,14-15,17H2,1-2H3,(H,29,31)(H,30,32). The van der Waals surface area contributed by atoms with E-state index in [2.05, 4.69) is 26.6 Å². The zero-order valence-electron chi connectivity index (χ0n) is 20.0. The molecule has 0 saturated heterocycles. The topological polar surface area (TPSA) is 103 Å². The molecule has 2 N–H and O–H groups in total. The van der Waals surface area contributed by atoms with E-state index in [9.17, 15) is 14.4 Å². The number of ether oxygens (including phenoxy) is 3. The van der Waals surface area contributed by atoms with Crippen LogP contribution in [0.15, 0.2) is 71.2 Å². The van der Waals surface area contributed by atoms with Gasteiger partial charge in [-0.1, -0.05) is 22.9 Å². The number of carbonyl (C=O) groups excluding carboxylic acids is 3. The van der Waals surface area contributed by atoms with Crippen LogP contribution in [0.25, 0.3) is 0 Å². The van der Waals surface area contributed by atoms with Gasteiger partial charge in [-0.2, -0.15) is 0 Å². The third-order valence-electron chi connectivity index (χ3n) is 5.08. The smallest absolute Gasteiger partial charge is 0.306 e. The summed E-state index contributed by atoms with van der Waals surface area (Å²) in [5, 5.41) is 5.45. The van der Waals surface area contributed by atoms with E-state index in [1.807, 2.05) is 19.1 Å². The van der Waals surface area contributed by atoms with Crippen molar-refractivity contribution < 1.29 is 28.6 Å². The third-order valence-corrected chi connectivity index (χ3v) is 5.57. The molecule has 3 rings (SSSR count). The van der Waals surface area contributed by atoms with Gasteiger partial charge in [0.1, 0.15) is 17.2 Å². The number of aryl methyl sites for hydroxylation is 1. The van der Waals surface area contributed by atoms with Crippen LogP contribution in [0.4, 0.5) is 11.4 Å². The Balaban J connectivity index is 1.38. The Kier molecular flexibility index (Phi) is 9.88. The molecule has 0 spiro atoms. The molecular weight excluding hydrogens is 528 g/mol. The number of nitrogens with one attached hydrogen (secondary N) is 2. The minimum Gasteiger partial charge on any atom is -0.497 e. The molecule has 188 valence electrons. The Bertz CT molecular complexity index is 1200. The fourth-order valence-electron chi connectivity index (χ4n) is 3.21. The largest absolute Gasteiger partial charge is 0.497 e. The molecule has 0 aliphatic rings. The first-order chi connectivity index (χ1) is 17.4. The highest BCUT2D eigenvalue weighted by Crippen LogP contribution is 2.25. The molecule has 8 nitrogen and oxygen atoms in total. The Morgan fingerprint density at radius 2 is 1.44 bits per heavy atom. The molecule has 2 amide bonds. The van der Waals surface area contributed by atoms with Crippen molar-refractivity contribution in [2.24, 2.45) is 0 Å². The van der Waals surface area contributed by atoms with E-state index >= 15 is 0 Å². The lowest BCUT2D eigenvalue weighted by Gasteiger charge is -2.11. The predicted molar refractivity (Wildman–Crippen MR) is 140 cm³/mol. The van der Waals surface area contributed by atoms with E-state index in [0.717, 1.165) is 22.2 Å². The van der Waals surface area contributed by atoms with E-state index < -0.39 is 18.5 Å². The number of halogens is 1. The van der Waals surface area contributed by atoms with Gasteiger partial charge in [-0.05, 0) is 78.7 Å². The summed E-state index contributed by atoms with van der Waals surface area (Å²) < 4.78 is 16.8. The molecule has 0 aliphatic carbocycles.